The Morgan fingerprint density at radius 2 is 2.10 bits per heavy atom. The average molecular weight is 310 g/mol. The first-order valence-corrected chi connectivity index (χ1v) is 8.11. The maximum Gasteiger partial charge on any atom is 0.242 e. The molecule has 4 nitrogen and oxygen atoms in total. The van der Waals surface area contributed by atoms with Crippen LogP contribution in [0.25, 0.3) is 0 Å². The summed E-state index contributed by atoms with van der Waals surface area (Å²) in [5, 5.41) is 10.8. The summed E-state index contributed by atoms with van der Waals surface area (Å²) in [5.74, 6) is -0.839. The first-order chi connectivity index (χ1) is 9.54. The minimum atomic E-state index is -3.89. The number of nitrogens with one attached hydrogen (secondary N) is 1. The maximum absolute atomic E-state index is 13.4. The molecule has 20 heavy (non-hydrogen) atoms. The molecule has 104 valence electrons. The van der Waals surface area contributed by atoms with Crippen molar-refractivity contribution in [1.29, 1.82) is 5.26 Å². The van der Waals surface area contributed by atoms with Gasteiger partial charge in [-0.3, -0.25) is 0 Å². The van der Waals surface area contributed by atoms with E-state index in [9.17, 15) is 12.8 Å². The molecule has 0 aliphatic carbocycles. The molecule has 0 amide bonds. The van der Waals surface area contributed by atoms with E-state index in [0.29, 0.717) is 6.42 Å². The van der Waals surface area contributed by atoms with Gasteiger partial charge < -0.3 is 0 Å². The molecule has 2 rings (SSSR count). The lowest BCUT2D eigenvalue weighted by Crippen LogP contribution is -2.26. The normalized spacial score (nSPS) is 11.2. The van der Waals surface area contributed by atoms with Crippen LogP contribution in [-0.2, 0) is 16.4 Å². The van der Waals surface area contributed by atoms with Crippen molar-refractivity contribution in [2.45, 2.75) is 11.3 Å². The predicted molar refractivity (Wildman–Crippen MR) is 74.3 cm³/mol. The third-order valence-electron chi connectivity index (χ3n) is 2.62. The van der Waals surface area contributed by atoms with Crippen molar-refractivity contribution in [3.63, 3.8) is 0 Å². The van der Waals surface area contributed by atoms with Crippen LogP contribution >= 0.6 is 11.3 Å². The Morgan fingerprint density at radius 3 is 2.75 bits per heavy atom. The van der Waals surface area contributed by atoms with E-state index in [1.54, 1.807) is 6.07 Å². The van der Waals surface area contributed by atoms with Crippen molar-refractivity contribution in [3.05, 3.63) is 52.0 Å². The quantitative estimate of drug-likeness (QED) is 0.921. The highest BCUT2D eigenvalue weighted by Crippen LogP contribution is 2.18. The number of sulfonamides is 1. The van der Waals surface area contributed by atoms with Crippen molar-refractivity contribution < 1.29 is 12.8 Å². The fourth-order valence-electron chi connectivity index (χ4n) is 1.68. The van der Waals surface area contributed by atoms with E-state index < -0.39 is 21.4 Å². The summed E-state index contributed by atoms with van der Waals surface area (Å²) in [6.45, 7) is 0.199. The molecule has 0 aliphatic rings. The van der Waals surface area contributed by atoms with E-state index in [2.05, 4.69) is 4.72 Å². The molecule has 1 N–H and O–H groups in total. The lowest BCUT2D eigenvalue weighted by atomic mass is 10.2. The summed E-state index contributed by atoms with van der Waals surface area (Å²) in [4.78, 5) is 0.721. The second-order valence-electron chi connectivity index (χ2n) is 3.95. The summed E-state index contributed by atoms with van der Waals surface area (Å²) in [5.41, 5.74) is -0.462. The highest BCUT2D eigenvalue weighted by atomic mass is 32.2. The van der Waals surface area contributed by atoms with Crippen LogP contribution in [0.15, 0.2) is 40.6 Å². The first kappa shape index (κ1) is 14.7. The Labute approximate surface area is 120 Å². The summed E-state index contributed by atoms with van der Waals surface area (Å²) in [6.07, 6.45) is 0.550. The fraction of sp³-hybridized carbons (Fsp3) is 0.154. The zero-order valence-corrected chi connectivity index (χ0v) is 12.0. The summed E-state index contributed by atoms with van der Waals surface area (Å²) < 4.78 is 39.9. The molecule has 0 radical (unpaired) electrons. The van der Waals surface area contributed by atoms with Gasteiger partial charge in [-0.05, 0) is 30.0 Å². The van der Waals surface area contributed by atoms with Gasteiger partial charge in [-0.15, -0.1) is 11.3 Å². The Morgan fingerprint density at radius 1 is 1.30 bits per heavy atom. The van der Waals surface area contributed by atoms with Crippen molar-refractivity contribution in [2.75, 3.05) is 6.54 Å². The SMILES string of the molecule is N#Cc1c(F)cccc1S(=O)(=O)NCCc1cccs1. The summed E-state index contributed by atoms with van der Waals surface area (Å²) in [6, 6.07) is 8.91. The molecular weight excluding hydrogens is 299 g/mol. The van der Waals surface area contributed by atoms with Crippen LogP contribution in [0, 0.1) is 17.1 Å². The zero-order chi connectivity index (χ0) is 14.6. The molecule has 1 heterocycles. The monoisotopic (exact) mass is 310 g/mol. The molecule has 0 bridgehead atoms. The number of benzene rings is 1. The topological polar surface area (TPSA) is 70.0 Å². The molecule has 0 aliphatic heterocycles. The van der Waals surface area contributed by atoms with Gasteiger partial charge in [0.1, 0.15) is 22.3 Å². The smallest absolute Gasteiger partial charge is 0.211 e. The second kappa shape index (κ2) is 6.13. The van der Waals surface area contributed by atoms with Gasteiger partial charge in [0.2, 0.25) is 10.0 Å². The Kier molecular flexibility index (Phi) is 4.49. The van der Waals surface area contributed by atoms with E-state index in [1.807, 2.05) is 17.5 Å². The average Bonchev–Trinajstić information content (AvgIpc) is 2.91. The number of thiophene rings is 1. The Bertz CT molecular complexity index is 734. The van der Waals surface area contributed by atoms with Gasteiger partial charge in [0.05, 0.1) is 0 Å². The van der Waals surface area contributed by atoms with Gasteiger partial charge in [-0.25, -0.2) is 17.5 Å². The van der Waals surface area contributed by atoms with E-state index in [0.717, 1.165) is 10.9 Å². The lowest BCUT2D eigenvalue weighted by Gasteiger charge is -2.08. The van der Waals surface area contributed by atoms with E-state index in [-0.39, 0.29) is 11.4 Å². The third-order valence-corrected chi connectivity index (χ3v) is 5.06. The molecular formula is C13H11FN2O2S2. The minimum Gasteiger partial charge on any atom is -0.211 e. The van der Waals surface area contributed by atoms with Crippen LogP contribution in [0.5, 0.6) is 0 Å². The highest BCUT2D eigenvalue weighted by Gasteiger charge is 2.20. The molecule has 0 atom stereocenters. The zero-order valence-electron chi connectivity index (χ0n) is 10.3. The van der Waals surface area contributed by atoms with Crippen LogP contribution in [0.3, 0.4) is 0 Å². The van der Waals surface area contributed by atoms with E-state index >= 15 is 0 Å². The van der Waals surface area contributed by atoms with Gasteiger partial charge >= 0.3 is 0 Å². The van der Waals surface area contributed by atoms with Gasteiger partial charge in [0.15, 0.2) is 0 Å². The molecule has 0 spiro atoms. The number of halogens is 1. The number of nitriles is 1. The van der Waals surface area contributed by atoms with Crippen LogP contribution in [0.2, 0.25) is 0 Å². The largest absolute Gasteiger partial charge is 0.242 e. The number of rotatable bonds is 5. The van der Waals surface area contributed by atoms with Gasteiger partial charge in [-0.2, -0.15) is 5.26 Å². The first-order valence-electron chi connectivity index (χ1n) is 5.75. The Balaban J connectivity index is 2.15. The Hall–Kier alpha value is -1.75. The van der Waals surface area contributed by atoms with Gasteiger partial charge in [0, 0.05) is 11.4 Å². The van der Waals surface area contributed by atoms with Gasteiger partial charge in [0.25, 0.3) is 0 Å². The fourth-order valence-corrected chi connectivity index (χ4v) is 3.58. The molecule has 2 aromatic rings. The number of hydrogen-bond donors (Lipinski definition) is 1. The predicted octanol–water partition coefficient (Wildman–Crippen LogP) is 2.28. The van der Waals surface area contributed by atoms with Crippen molar-refractivity contribution >= 4 is 21.4 Å². The standard InChI is InChI=1S/C13H11FN2O2S2/c14-12-4-1-5-13(11(12)9-15)20(17,18)16-7-6-10-3-2-8-19-10/h1-5,8,16H,6-7H2. The molecule has 0 saturated carbocycles. The van der Waals surface area contributed by atoms with Crippen LogP contribution < -0.4 is 4.72 Å². The van der Waals surface area contributed by atoms with Crippen LogP contribution in [0.1, 0.15) is 10.4 Å². The molecule has 1 aromatic carbocycles. The van der Waals surface area contributed by atoms with Crippen molar-refractivity contribution in [2.24, 2.45) is 0 Å². The third kappa shape index (κ3) is 3.22. The maximum atomic E-state index is 13.4. The molecule has 0 fully saturated rings. The summed E-state index contributed by atoms with van der Waals surface area (Å²) in [7, 11) is -3.89. The highest BCUT2D eigenvalue weighted by molar-refractivity contribution is 7.89. The van der Waals surface area contributed by atoms with E-state index in [1.165, 1.54) is 23.5 Å². The minimum absolute atomic E-state index is 0.199. The van der Waals surface area contributed by atoms with Crippen LogP contribution in [-0.4, -0.2) is 15.0 Å². The van der Waals surface area contributed by atoms with Crippen molar-refractivity contribution in [1.82, 2.24) is 4.72 Å². The van der Waals surface area contributed by atoms with E-state index in [4.69, 9.17) is 5.26 Å². The number of nitrogens with zero attached hydrogens (tertiary/aromatic N) is 1. The molecule has 1 aromatic heterocycles. The second-order valence-corrected chi connectivity index (χ2v) is 6.72. The van der Waals surface area contributed by atoms with Crippen LogP contribution in [0.4, 0.5) is 4.39 Å². The molecule has 0 saturated heterocycles. The lowest BCUT2D eigenvalue weighted by molar-refractivity contribution is 0.576. The molecule has 0 unspecified atom stereocenters. The summed E-state index contributed by atoms with van der Waals surface area (Å²) >= 11 is 1.53. The van der Waals surface area contributed by atoms with Gasteiger partial charge in [-0.1, -0.05) is 12.1 Å². The molecule has 7 heteroatoms. The number of hydrogen-bond acceptors (Lipinski definition) is 4. The van der Waals surface area contributed by atoms with Crippen molar-refractivity contribution in [3.8, 4) is 6.07 Å².